The summed E-state index contributed by atoms with van der Waals surface area (Å²) in [5.41, 5.74) is 4.77. The van der Waals surface area contributed by atoms with E-state index in [1.807, 2.05) is 18.2 Å². The van der Waals surface area contributed by atoms with Crippen LogP contribution in [0.4, 0.5) is 0 Å². The second kappa shape index (κ2) is 8.35. The number of ether oxygens (including phenoxy) is 1. The molecule has 0 saturated carbocycles. The van der Waals surface area contributed by atoms with Crippen molar-refractivity contribution in [2.75, 3.05) is 6.61 Å². The van der Waals surface area contributed by atoms with Crippen molar-refractivity contribution in [1.82, 2.24) is 0 Å². The standard InChI is InChI=1S/C23H23O/c1-2-3-9-18-24-23-13-8-7-12-22(23)21-16-14-20(15-17-21)19-10-5-4-6-11-19/h4-7,10-17H,2-3,9,18H2,1H3. The molecule has 0 aliphatic heterocycles. The summed E-state index contributed by atoms with van der Waals surface area (Å²) in [6, 6.07) is 28.2. The number of benzene rings is 3. The summed E-state index contributed by atoms with van der Waals surface area (Å²) in [6.45, 7) is 2.97. The number of hydrogen-bond donors (Lipinski definition) is 0. The minimum absolute atomic E-state index is 0.765. The molecule has 0 aliphatic rings. The lowest BCUT2D eigenvalue weighted by Crippen LogP contribution is -1.98. The van der Waals surface area contributed by atoms with Crippen LogP contribution >= 0.6 is 0 Å². The summed E-state index contributed by atoms with van der Waals surface area (Å²) in [5, 5.41) is 0. The predicted molar refractivity (Wildman–Crippen MR) is 101 cm³/mol. The third-order valence-corrected chi connectivity index (χ3v) is 4.13. The summed E-state index contributed by atoms with van der Waals surface area (Å²) in [5.74, 6) is 0.918. The average Bonchev–Trinajstić information content (AvgIpc) is 2.66. The van der Waals surface area contributed by atoms with Crippen molar-refractivity contribution in [3.8, 4) is 28.0 Å². The highest BCUT2D eigenvalue weighted by Gasteiger charge is 2.06. The maximum Gasteiger partial charge on any atom is 0.127 e. The first kappa shape index (κ1) is 16.3. The minimum atomic E-state index is 0.765. The zero-order valence-corrected chi connectivity index (χ0v) is 14.2. The Morgan fingerprint density at radius 2 is 1.50 bits per heavy atom. The smallest absolute Gasteiger partial charge is 0.127 e. The first-order chi connectivity index (χ1) is 11.9. The van der Waals surface area contributed by atoms with Gasteiger partial charge in [-0.25, -0.2) is 0 Å². The molecule has 0 aliphatic carbocycles. The van der Waals surface area contributed by atoms with Crippen LogP contribution in [0.2, 0.25) is 0 Å². The third-order valence-electron chi connectivity index (χ3n) is 4.13. The Kier molecular flexibility index (Phi) is 5.68. The highest BCUT2D eigenvalue weighted by Crippen LogP contribution is 2.31. The molecule has 0 unspecified atom stereocenters. The number of rotatable bonds is 7. The van der Waals surface area contributed by atoms with E-state index in [2.05, 4.69) is 67.6 Å². The molecule has 0 saturated heterocycles. The van der Waals surface area contributed by atoms with Crippen LogP contribution in [-0.4, -0.2) is 6.61 Å². The van der Waals surface area contributed by atoms with E-state index in [0.29, 0.717) is 0 Å². The molecule has 0 amide bonds. The first-order valence-electron chi connectivity index (χ1n) is 8.67. The SMILES string of the molecule is CCCCCOc1c[c]ccc1-c1ccc(-c2ccccc2)cc1. The molecule has 121 valence electrons. The van der Waals surface area contributed by atoms with E-state index in [4.69, 9.17) is 4.74 Å². The molecular formula is C23H23O. The molecule has 0 aromatic heterocycles. The highest BCUT2D eigenvalue weighted by molar-refractivity contribution is 5.74. The zero-order chi connectivity index (χ0) is 16.6. The van der Waals surface area contributed by atoms with Crippen LogP contribution in [0, 0.1) is 6.07 Å². The van der Waals surface area contributed by atoms with Crippen molar-refractivity contribution < 1.29 is 4.74 Å². The molecular weight excluding hydrogens is 292 g/mol. The summed E-state index contributed by atoms with van der Waals surface area (Å²) < 4.78 is 5.98. The van der Waals surface area contributed by atoms with Gasteiger partial charge in [-0.15, -0.1) is 0 Å². The zero-order valence-electron chi connectivity index (χ0n) is 14.2. The van der Waals surface area contributed by atoms with Crippen molar-refractivity contribution in [1.29, 1.82) is 0 Å². The van der Waals surface area contributed by atoms with Crippen LogP contribution in [-0.2, 0) is 0 Å². The van der Waals surface area contributed by atoms with Gasteiger partial charge in [0.15, 0.2) is 0 Å². The fourth-order valence-corrected chi connectivity index (χ4v) is 2.78. The highest BCUT2D eigenvalue weighted by atomic mass is 16.5. The van der Waals surface area contributed by atoms with Gasteiger partial charge in [0.2, 0.25) is 0 Å². The summed E-state index contributed by atoms with van der Waals surface area (Å²) in [6.07, 6.45) is 3.51. The Morgan fingerprint density at radius 1 is 0.792 bits per heavy atom. The van der Waals surface area contributed by atoms with Crippen molar-refractivity contribution in [3.63, 3.8) is 0 Å². The van der Waals surface area contributed by atoms with E-state index in [1.165, 1.54) is 29.5 Å². The second-order valence-corrected chi connectivity index (χ2v) is 5.92. The normalized spacial score (nSPS) is 10.5. The van der Waals surface area contributed by atoms with Gasteiger partial charge in [0.1, 0.15) is 5.75 Å². The molecule has 0 heterocycles. The summed E-state index contributed by atoms with van der Waals surface area (Å²) in [7, 11) is 0. The van der Waals surface area contributed by atoms with Crippen LogP contribution in [0.3, 0.4) is 0 Å². The van der Waals surface area contributed by atoms with Crippen molar-refractivity contribution >= 4 is 0 Å². The van der Waals surface area contributed by atoms with Gasteiger partial charge in [0.05, 0.1) is 6.61 Å². The van der Waals surface area contributed by atoms with Gasteiger partial charge in [-0.2, -0.15) is 0 Å². The van der Waals surface area contributed by atoms with Crippen molar-refractivity contribution in [2.24, 2.45) is 0 Å². The van der Waals surface area contributed by atoms with Crippen LogP contribution in [0.25, 0.3) is 22.3 Å². The van der Waals surface area contributed by atoms with Gasteiger partial charge in [-0.05, 0) is 35.2 Å². The molecule has 3 aromatic carbocycles. The summed E-state index contributed by atoms with van der Waals surface area (Å²) >= 11 is 0. The van der Waals surface area contributed by atoms with Gasteiger partial charge in [0, 0.05) is 5.56 Å². The fourth-order valence-electron chi connectivity index (χ4n) is 2.78. The second-order valence-electron chi connectivity index (χ2n) is 5.92. The first-order valence-corrected chi connectivity index (χ1v) is 8.67. The fraction of sp³-hybridized carbons (Fsp3) is 0.217. The molecule has 24 heavy (non-hydrogen) atoms. The van der Waals surface area contributed by atoms with E-state index in [1.54, 1.807) is 0 Å². The largest absolute Gasteiger partial charge is 0.493 e. The van der Waals surface area contributed by atoms with E-state index < -0.39 is 0 Å². The Balaban J connectivity index is 1.79. The topological polar surface area (TPSA) is 9.23 Å². The molecule has 0 atom stereocenters. The van der Waals surface area contributed by atoms with Gasteiger partial charge >= 0.3 is 0 Å². The Morgan fingerprint density at radius 3 is 2.25 bits per heavy atom. The average molecular weight is 315 g/mol. The van der Waals surface area contributed by atoms with Crippen molar-refractivity contribution in [2.45, 2.75) is 26.2 Å². The lowest BCUT2D eigenvalue weighted by molar-refractivity contribution is 0.307. The minimum Gasteiger partial charge on any atom is -0.493 e. The molecule has 1 heteroatoms. The molecule has 0 spiro atoms. The van der Waals surface area contributed by atoms with Gasteiger partial charge in [-0.1, -0.05) is 86.5 Å². The summed E-state index contributed by atoms with van der Waals surface area (Å²) in [4.78, 5) is 0. The number of hydrogen-bond acceptors (Lipinski definition) is 1. The van der Waals surface area contributed by atoms with Crippen LogP contribution < -0.4 is 4.74 Å². The number of unbranched alkanes of at least 4 members (excludes halogenated alkanes) is 2. The van der Waals surface area contributed by atoms with Crippen LogP contribution in [0.15, 0.2) is 72.8 Å². The lowest BCUT2D eigenvalue weighted by atomic mass is 10.00. The molecule has 1 nitrogen and oxygen atoms in total. The van der Waals surface area contributed by atoms with Gasteiger partial charge < -0.3 is 4.74 Å². The third kappa shape index (κ3) is 4.05. The molecule has 0 N–H and O–H groups in total. The Labute approximate surface area is 144 Å². The molecule has 0 bridgehead atoms. The monoisotopic (exact) mass is 315 g/mol. The molecule has 0 fully saturated rings. The lowest BCUT2D eigenvalue weighted by Gasteiger charge is -2.12. The van der Waals surface area contributed by atoms with E-state index in [9.17, 15) is 0 Å². The van der Waals surface area contributed by atoms with Gasteiger partial charge in [0.25, 0.3) is 0 Å². The van der Waals surface area contributed by atoms with E-state index in [0.717, 1.165) is 24.3 Å². The van der Waals surface area contributed by atoms with Gasteiger partial charge in [-0.3, -0.25) is 0 Å². The van der Waals surface area contributed by atoms with E-state index in [-0.39, 0.29) is 0 Å². The maximum atomic E-state index is 5.98. The van der Waals surface area contributed by atoms with E-state index >= 15 is 0 Å². The predicted octanol–water partition coefficient (Wildman–Crippen LogP) is 6.39. The maximum absolute atomic E-state index is 5.98. The Bertz CT molecular complexity index is 745. The van der Waals surface area contributed by atoms with Crippen molar-refractivity contribution in [3.05, 3.63) is 78.9 Å². The Hall–Kier alpha value is -2.54. The molecule has 1 radical (unpaired) electrons. The molecule has 3 aromatic rings. The molecule has 3 rings (SSSR count). The van der Waals surface area contributed by atoms with Crippen LogP contribution in [0.5, 0.6) is 5.75 Å². The van der Waals surface area contributed by atoms with Crippen LogP contribution in [0.1, 0.15) is 26.2 Å². The quantitative estimate of drug-likeness (QED) is 0.459.